The quantitative estimate of drug-likeness (QED) is 0.774. The molecule has 2 atom stereocenters. The van der Waals surface area contributed by atoms with E-state index in [4.69, 9.17) is 10.5 Å². The molecule has 0 spiro atoms. The number of ether oxygens (including phenoxy) is 1. The molecule has 0 radical (unpaired) electrons. The van der Waals surface area contributed by atoms with Crippen molar-refractivity contribution < 1.29 is 9.53 Å². The summed E-state index contributed by atoms with van der Waals surface area (Å²) < 4.78 is 5.48. The third kappa shape index (κ3) is 3.19. The predicted octanol–water partition coefficient (Wildman–Crippen LogP) is 2.59. The number of benzene rings is 1. The van der Waals surface area contributed by atoms with Gasteiger partial charge in [-0.05, 0) is 37.8 Å². The van der Waals surface area contributed by atoms with E-state index in [0.717, 1.165) is 6.42 Å². The molecule has 2 unspecified atom stereocenters. The zero-order chi connectivity index (χ0) is 13.8. The first-order valence-corrected chi connectivity index (χ1v) is 6.99. The van der Waals surface area contributed by atoms with Crippen molar-refractivity contribution in [3.8, 4) is 5.75 Å². The van der Waals surface area contributed by atoms with Gasteiger partial charge in [0.15, 0.2) is 5.75 Å². The molecule has 1 aromatic rings. The maximum absolute atomic E-state index is 12.2. The SMILES string of the molecule is CCCC1CC1NC(=O)c1cccc(N)c1OCC. The Morgan fingerprint density at radius 2 is 2.26 bits per heavy atom. The van der Waals surface area contributed by atoms with Crippen molar-refractivity contribution in [2.24, 2.45) is 5.92 Å². The van der Waals surface area contributed by atoms with Crippen LogP contribution >= 0.6 is 0 Å². The maximum Gasteiger partial charge on any atom is 0.255 e. The Bertz CT molecular complexity index is 459. The van der Waals surface area contributed by atoms with Crippen LogP contribution in [0.15, 0.2) is 18.2 Å². The van der Waals surface area contributed by atoms with Crippen LogP contribution in [0.2, 0.25) is 0 Å². The van der Waals surface area contributed by atoms with Gasteiger partial charge in [-0.3, -0.25) is 4.79 Å². The molecule has 0 aromatic heterocycles. The van der Waals surface area contributed by atoms with Crippen LogP contribution in [0.3, 0.4) is 0 Å². The predicted molar refractivity (Wildman–Crippen MR) is 76.3 cm³/mol. The number of nitrogen functional groups attached to an aromatic ring is 1. The van der Waals surface area contributed by atoms with Gasteiger partial charge < -0.3 is 15.8 Å². The number of hydrogen-bond acceptors (Lipinski definition) is 3. The molecular weight excluding hydrogens is 240 g/mol. The highest BCUT2D eigenvalue weighted by atomic mass is 16.5. The van der Waals surface area contributed by atoms with Crippen LogP contribution in [0.1, 0.15) is 43.5 Å². The van der Waals surface area contributed by atoms with Gasteiger partial charge in [-0.1, -0.05) is 19.4 Å². The molecule has 0 saturated heterocycles. The van der Waals surface area contributed by atoms with E-state index < -0.39 is 0 Å². The summed E-state index contributed by atoms with van der Waals surface area (Å²) in [6.45, 7) is 4.55. The highest BCUT2D eigenvalue weighted by molar-refractivity contribution is 5.99. The van der Waals surface area contributed by atoms with Gasteiger partial charge in [-0.15, -0.1) is 0 Å². The lowest BCUT2D eigenvalue weighted by atomic mass is 10.1. The van der Waals surface area contributed by atoms with Crippen molar-refractivity contribution in [1.82, 2.24) is 5.32 Å². The van der Waals surface area contributed by atoms with Gasteiger partial charge >= 0.3 is 0 Å². The monoisotopic (exact) mass is 262 g/mol. The molecule has 19 heavy (non-hydrogen) atoms. The lowest BCUT2D eigenvalue weighted by molar-refractivity contribution is 0.0945. The van der Waals surface area contributed by atoms with Gasteiger partial charge in [0.25, 0.3) is 5.91 Å². The lowest BCUT2D eigenvalue weighted by Gasteiger charge is -2.12. The Kier molecular flexibility index (Phi) is 4.30. The van der Waals surface area contributed by atoms with Gasteiger partial charge in [0.05, 0.1) is 17.9 Å². The van der Waals surface area contributed by atoms with E-state index in [2.05, 4.69) is 12.2 Å². The van der Waals surface area contributed by atoms with Crippen molar-refractivity contribution >= 4 is 11.6 Å². The van der Waals surface area contributed by atoms with Gasteiger partial charge in [-0.2, -0.15) is 0 Å². The summed E-state index contributed by atoms with van der Waals surface area (Å²) in [5.74, 6) is 1.06. The second kappa shape index (κ2) is 5.95. The maximum atomic E-state index is 12.2. The van der Waals surface area contributed by atoms with E-state index in [9.17, 15) is 4.79 Å². The summed E-state index contributed by atoms with van der Waals surface area (Å²) in [6, 6.07) is 5.61. The molecule has 104 valence electrons. The molecule has 2 rings (SSSR count). The standard InChI is InChI=1S/C15H22N2O2/c1-3-6-10-9-13(10)17-15(18)11-7-5-8-12(16)14(11)19-4-2/h5,7-8,10,13H,3-4,6,9,16H2,1-2H3,(H,17,18). The van der Waals surface area contributed by atoms with Gasteiger partial charge in [0, 0.05) is 6.04 Å². The van der Waals surface area contributed by atoms with Crippen LogP contribution in [0.25, 0.3) is 0 Å². The fourth-order valence-corrected chi connectivity index (χ4v) is 2.40. The Morgan fingerprint density at radius 1 is 1.47 bits per heavy atom. The number of carbonyl (C=O) groups excluding carboxylic acids is 1. The van der Waals surface area contributed by atoms with Gasteiger partial charge in [0.1, 0.15) is 0 Å². The molecule has 0 bridgehead atoms. The van der Waals surface area contributed by atoms with E-state index in [0.29, 0.717) is 35.6 Å². The van der Waals surface area contributed by atoms with Crippen molar-refractivity contribution in [2.75, 3.05) is 12.3 Å². The van der Waals surface area contributed by atoms with Crippen LogP contribution < -0.4 is 15.8 Å². The molecule has 1 amide bonds. The zero-order valence-corrected chi connectivity index (χ0v) is 11.6. The number of rotatable bonds is 6. The summed E-state index contributed by atoms with van der Waals surface area (Å²) in [4.78, 5) is 12.2. The van der Waals surface area contributed by atoms with Gasteiger partial charge in [0.2, 0.25) is 0 Å². The van der Waals surface area contributed by atoms with Crippen molar-refractivity contribution in [2.45, 2.75) is 39.2 Å². The first-order chi connectivity index (χ1) is 9.17. The average Bonchev–Trinajstić information content (AvgIpc) is 3.10. The molecular formula is C15H22N2O2. The first-order valence-electron chi connectivity index (χ1n) is 6.99. The van der Waals surface area contributed by atoms with E-state index in [1.807, 2.05) is 6.92 Å². The van der Waals surface area contributed by atoms with Crippen molar-refractivity contribution in [3.63, 3.8) is 0 Å². The summed E-state index contributed by atoms with van der Waals surface area (Å²) >= 11 is 0. The van der Waals surface area contributed by atoms with Crippen LogP contribution in [-0.4, -0.2) is 18.6 Å². The van der Waals surface area contributed by atoms with Crippen LogP contribution in [-0.2, 0) is 0 Å². The number of carbonyl (C=O) groups is 1. The summed E-state index contributed by atoms with van der Waals surface area (Å²) in [5, 5.41) is 3.06. The first kappa shape index (κ1) is 13.7. The van der Waals surface area contributed by atoms with Crippen LogP contribution in [0.4, 0.5) is 5.69 Å². The third-order valence-electron chi connectivity index (χ3n) is 3.48. The summed E-state index contributed by atoms with van der Waals surface area (Å²) in [6.07, 6.45) is 3.44. The summed E-state index contributed by atoms with van der Waals surface area (Å²) in [7, 11) is 0. The zero-order valence-electron chi connectivity index (χ0n) is 11.6. The molecule has 3 N–H and O–H groups in total. The highest BCUT2D eigenvalue weighted by Crippen LogP contribution is 2.35. The molecule has 0 aliphatic heterocycles. The fourth-order valence-electron chi connectivity index (χ4n) is 2.40. The molecule has 4 heteroatoms. The number of anilines is 1. The Hall–Kier alpha value is -1.71. The summed E-state index contributed by atoms with van der Waals surface area (Å²) in [5.41, 5.74) is 6.90. The van der Waals surface area contributed by atoms with Crippen LogP contribution in [0.5, 0.6) is 5.75 Å². The molecule has 1 aliphatic carbocycles. The number of nitrogens with one attached hydrogen (secondary N) is 1. The van der Waals surface area contributed by atoms with E-state index in [-0.39, 0.29) is 5.91 Å². The van der Waals surface area contributed by atoms with E-state index in [1.54, 1.807) is 18.2 Å². The molecule has 1 aromatic carbocycles. The molecule has 0 heterocycles. The number of nitrogens with two attached hydrogens (primary N) is 1. The molecule has 1 fully saturated rings. The third-order valence-corrected chi connectivity index (χ3v) is 3.48. The Balaban J connectivity index is 2.05. The molecule has 1 aliphatic rings. The number of para-hydroxylation sites is 1. The topological polar surface area (TPSA) is 64.4 Å². The van der Waals surface area contributed by atoms with Gasteiger partial charge in [-0.25, -0.2) is 0 Å². The van der Waals surface area contributed by atoms with E-state index in [1.165, 1.54) is 12.8 Å². The number of amides is 1. The minimum atomic E-state index is -0.0839. The molecule has 1 saturated carbocycles. The second-order valence-electron chi connectivity index (χ2n) is 5.02. The van der Waals surface area contributed by atoms with Crippen molar-refractivity contribution in [1.29, 1.82) is 0 Å². The highest BCUT2D eigenvalue weighted by Gasteiger charge is 2.37. The average molecular weight is 262 g/mol. The Morgan fingerprint density at radius 3 is 2.95 bits per heavy atom. The fraction of sp³-hybridized carbons (Fsp3) is 0.533. The smallest absolute Gasteiger partial charge is 0.255 e. The largest absolute Gasteiger partial charge is 0.491 e. The number of hydrogen-bond donors (Lipinski definition) is 2. The molecule has 4 nitrogen and oxygen atoms in total. The van der Waals surface area contributed by atoms with Crippen LogP contribution in [0, 0.1) is 5.92 Å². The minimum Gasteiger partial charge on any atom is -0.491 e. The normalized spacial score (nSPS) is 20.9. The van der Waals surface area contributed by atoms with E-state index >= 15 is 0 Å². The van der Waals surface area contributed by atoms with Crippen molar-refractivity contribution in [3.05, 3.63) is 23.8 Å². The lowest BCUT2D eigenvalue weighted by Crippen LogP contribution is -2.27. The Labute approximate surface area is 114 Å². The second-order valence-corrected chi connectivity index (χ2v) is 5.02. The minimum absolute atomic E-state index is 0.0839.